The number of aromatic amines is 2. The number of carbonyl (C=O) groups is 2. The quantitative estimate of drug-likeness (QED) is 0.191. The molecule has 11 heteroatoms. The molecule has 3 atom stereocenters. The Labute approximate surface area is 263 Å². The van der Waals surface area contributed by atoms with Gasteiger partial charge < -0.3 is 30.2 Å². The van der Waals surface area contributed by atoms with Crippen LogP contribution < -0.4 is 10.6 Å². The number of H-pyrrole nitrogens is 2. The molecule has 2 aliphatic rings. The molecule has 0 unspecified atom stereocenters. The van der Waals surface area contributed by atoms with Crippen LogP contribution in [0.5, 0.6) is 0 Å². The summed E-state index contributed by atoms with van der Waals surface area (Å²) in [5, 5.41) is 6.19. The van der Waals surface area contributed by atoms with Crippen molar-refractivity contribution in [3.63, 3.8) is 0 Å². The molecule has 2 aliphatic heterocycles. The number of aromatic nitrogens is 4. The molecular formula is C33H40ClN7O3. The van der Waals surface area contributed by atoms with Gasteiger partial charge in [0.1, 0.15) is 17.7 Å². The summed E-state index contributed by atoms with van der Waals surface area (Å²) in [5.41, 5.74) is 6.33. The highest BCUT2D eigenvalue weighted by molar-refractivity contribution is 5.86. The molecule has 0 saturated carbocycles. The van der Waals surface area contributed by atoms with Gasteiger partial charge in [-0.05, 0) is 60.4 Å². The smallest absolute Gasteiger partial charge is 0.407 e. The first-order valence-corrected chi connectivity index (χ1v) is 15.1. The molecule has 44 heavy (non-hydrogen) atoms. The Hall–Kier alpha value is -4.15. The maximum Gasteiger partial charge on any atom is 0.407 e. The maximum absolute atomic E-state index is 13.4. The summed E-state index contributed by atoms with van der Waals surface area (Å²) in [6, 6.07) is 16.4. The zero-order chi connectivity index (χ0) is 29.9. The average Bonchev–Trinajstić information content (AvgIpc) is 3.86. The zero-order valence-electron chi connectivity index (χ0n) is 25.3. The van der Waals surface area contributed by atoms with E-state index in [4.69, 9.17) is 4.74 Å². The second-order valence-electron chi connectivity index (χ2n) is 11.7. The second kappa shape index (κ2) is 13.7. The lowest BCUT2D eigenvalue weighted by Crippen LogP contribution is -2.51. The third-order valence-corrected chi connectivity index (χ3v) is 8.55. The van der Waals surface area contributed by atoms with Crippen LogP contribution >= 0.6 is 12.4 Å². The molecule has 232 valence electrons. The fourth-order valence-electron chi connectivity index (χ4n) is 6.11. The van der Waals surface area contributed by atoms with E-state index in [1.54, 1.807) is 0 Å². The van der Waals surface area contributed by atoms with E-state index in [1.165, 1.54) is 13.5 Å². The highest BCUT2D eigenvalue weighted by atomic mass is 35.5. The number of nitrogens with one attached hydrogen (secondary N) is 4. The molecule has 10 nitrogen and oxygen atoms in total. The fourth-order valence-corrected chi connectivity index (χ4v) is 6.11. The monoisotopic (exact) mass is 617 g/mol. The summed E-state index contributed by atoms with van der Waals surface area (Å²) in [6.45, 7) is 5.50. The molecule has 0 radical (unpaired) electrons. The molecular weight excluding hydrogens is 578 g/mol. The van der Waals surface area contributed by atoms with E-state index >= 15 is 0 Å². The third-order valence-electron chi connectivity index (χ3n) is 8.55. The molecule has 4 aromatic rings. The number of methoxy groups -OCH3 is 1. The van der Waals surface area contributed by atoms with Gasteiger partial charge in [0.05, 0.1) is 43.0 Å². The maximum atomic E-state index is 13.4. The highest BCUT2D eigenvalue weighted by Crippen LogP contribution is 2.33. The van der Waals surface area contributed by atoms with Crippen LogP contribution in [0.15, 0.2) is 60.9 Å². The number of carbonyl (C=O) groups excluding carboxylic acids is 2. The van der Waals surface area contributed by atoms with Gasteiger partial charge in [0.15, 0.2) is 0 Å². The minimum Gasteiger partial charge on any atom is -0.453 e. The number of hydrogen-bond acceptors (Lipinski definition) is 6. The van der Waals surface area contributed by atoms with Crippen molar-refractivity contribution in [1.29, 1.82) is 0 Å². The molecule has 2 aromatic carbocycles. The predicted octanol–water partition coefficient (Wildman–Crippen LogP) is 6.02. The number of benzene rings is 2. The molecule has 6 rings (SSSR count). The lowest BCUT2D eigenvalue weighted by Gasteiger charge is -2.30. The van der Waals surface area contributed by atoms with Crippen LogP contribution in [0.4, 0.5) is 4.79 Å². The van der Waals surface area contributed by atoms with Crippen molar-refractivity contribution in [3.8, 4) is 33.6 Å². The second-order valence-corrected chi connectivity index (χ2v) is 11.7. The van der Waals surface area contributed by atoms with Crippen LogP contribution in [0.1, 0.15) is 63.3 Å². The van der Waals surface area contributed by atoms with E-state index in [0.29, 0.717) is 12.6 Å². The van der Waals surface area contributed by atoms with E-state index in [-0.39, 0.29) is 30.3 Å². The molecule has 0 aliphatic carbocycles. The number of imidazole rings is 2. The van der Waals surface area contributed by atoms with Gasteiger partial charge in [-0.2, -0.15) is 0 Å². The van der Waals surface area contributed by atoms with Gasteiger partial charge in [-0.1, -0.05) is 62.4 Å². The van der Waals surface area contributed by atoms with Gasteiger partial charge in [0, 0.05) is 6.54 Å². The minimum atomic E-state index is -0.657. The fraction of sp³-hybridized carbons (Fsp3) is 0.394. The number of alkyl carbamates (subject to hydrolysis) is 1. The molecule has 0 spiro atoms. The van der Waals surface area contributed by atoms with Gasteiger partial charge >= 0.3 is 6.09 Å². The summed E-state index contributed by atoms with van der Waals surface area (Å²) < 4.78 is 4.74. The van der Waals surface area contributed by atoms with Gasteiger partial charge in [-0.15, -0.1) is 12.4 Å². The Balaban J connectivity index is 0.00000384. The van der Waals surface area contributed by atoms with Crippen molar-refractivity contribution in [2.75, 3.05) is 20.2 Å². The van der Waals surface area contributed by atoms with Crippen molar-refractivity contribution in [2.24, 2.45) is 5.92 Å². The first kappa shape index (κ1) is 31.3. The van der Waals surface area contributed by atoms with Crippen LogP contribution in [0.2, 0.25) is 0 Å². The largest absolute Gasteiger partial charge is 0.453 e. The van der Waals surface area contributed by atoms with E-state index in [9.17, 15) is 9.59 Å². The number of nitrogens with zero attached hydrogens (tertiary/aromatic N) is 3. The normalized spacial score (nSPS) is 18.7. The lowest BCUT2D eigenvalue weighted by molar-refractivity contribution is -0.135. The van der Waals surface area contributed by atoms with Gasteiger partial charge in [-0.25, -0.2) is 14.8 Å². The summed E-state index contributed by atoms with van der Waals surface area (Å²) in [7, 11) is 1.30. The lowest BCUT2D eigenvalue weighted by atomic mass is 10.0. The van der Waals surface area contributed by atoms with Gasteiger partial charge in [0.2, 0.25) is 5.91 Å². The SMILES string of the molecule is COC(=O)N[C@H](C(=O)N1CCC[C@H]1c1ncc(-c2ccc(-c3ccc(-c4cnc([C@@H]5CCCN5)[nH]4)cc3)cc2)[nH]1)C(C)C.Cl. The van der Waals surface area contributed by atoms with Crippen molar-refractivity contribution >= 4 is 24.4 Å². The summed E-state index contributed by atoms with van der Waals surface area (Å²) >= 11 is 0. The van der Waals surface area contributed by atoms with Crippen molar-refractivity contribution in [1.82, 2.24) is 35.5 Å². The van der Waals surface area contributed by atoms with Crippen molar-refractivity contribution in [3.05, 3.63) is 72.6 Å². The van der Waals surface area contributed by atoms with Gasteiger partial charge in [0.25, 0.3) is 0 Å². The Bertz CT molecular complexity index is 1560. The average molecular weight is 618 g/mol. The molecule has 4 N–H and O–H groups in total. The van der Waals surface area contributed by atoms with Crippen LogP contribution in [0.3, 0.4) is 0 Å². The Morgan fingerprint density at radius 3 is 1.98 bits per heavy atom. The summed E-state index contributed by atoms with van der Waals surface area (Å²) in [5.74, 6) is 1.57. The van der Waals surface area contributed by atoms with Gasteiger partial charge in [-0.3, -0.25) is 4.79 Å². The number of rotatable bonds is 8. The van der Waals surface area contributed by atoms with Crippen LogP contribution in [-0.2, 0) is 9.53 Å². The van der Waals surface area contributed by atoms with Crippen LogP contribution in [-0.4, -0.2) is 63.1 Å². The Kier molecular flexibility index (Phi) is 9.71. The van der Waals surface area contributed by atoms with E-state index in [0.717, 1.165) is 71.1 Å². The van der Waals surface area contributed by atoms with Crippen LogP contribution in [0.25, 0.3) is 33.6 Å². The van der Waals surface area contributed by atoms with Crippen LogP contribution in [0, 0.1) is 5.92 Å². The Morgan fingerprint density at radius 1 is 0.864 bits per heavy atom. The highest BCUT2D eigenvalue weighted by Gasteiger charge is 2.37. The Morgan fingerprint density at radius 2 is 1.43 bits per heavy atom. The van der Waals surface area contributed by atoms with Crippen molar-refractivity contribution in [2.45, 2.75) is 57.7 Å². The summed E-state index contributed by atoms with van der Waals surface area (Å²) in [6.07, 6.45) is 7.14. The zero-order valence-corrected chi connectivity index (χ0v) is 26.1. The van der Waals surface area contributed by atoms with Crippen molar-refractivity contribution < 1.29 is 14.3 Å². The number of hydrogen-bond donors (Lipinski definition) is 4. The molecule has 0 bridgehead atoms. The molecule has 2 aromatic heterocycles. The van der Waals surface area contributed by atoms with E-state index in [2.05, 4.69) is 79.1 Å². The van der Waals surface area contributed by atoms with E-state index < -0.39 is 12.1 Å². The molecule has 2 fully saturated rings. The first-order chi connectivity index (χ1) is 20.9. The molecule has 4 heterocycles. The number of ether oxygens (including phenoxy) is 1. The third kappa shape index (κ3) is 6.51. The standard InChI is InChI=1S/C33H39N7O3.ClH/c1-20(2)29(39-33(42)43-3)32(41)40-17-5-7-28(40)31-36-19-27(38-31)24-14-10-22(11-15-24)21-8-12-23(13-9-21)26-18-35-30(37-26)25-6-4-16-34-25;/h8-15,18-20,25,28-29,34H,4-7,16-17H2,1-3H3,(H,35,37)(H,36,38)(H,39,42);1H/t25-,28-,29-;/m0./s1. The minimum absolute atomic E-state index is 0. The molecule has 2 saturated heterocycles. The number of likely N-dealkylation sites (tertiary alicyclic amines) is 1. The molecule has 2 amide bonds. The van der Waals surface area contributed by atoms with E-state index in [1.807, 2.05) is 31.1 Å². The summed E-state index contributed by atoms with van der Waals surface area (Å²) in [4.78, 5) is 43.3. The topological polar surface area (TPSA) is 128 Å². The number of halogens is 1. The number of amides is 2. The predicted molar refractivity (Wildman–Crippen MR) is 172 cm³/mol. The first-order valence-electron chi connectivity index (χ1n) is 15.1.